The zero-order chi connectivity index (χ0) is 19.1. The molecule has 0 fully saturated rings. The summed E-state index contributed by atoms with van der Waals surface area (Å²) in [4.78, 5) is 2.29. The topological polar surface area (TPSA) is 3.24 Å². The van der Waals surface area contributed by atoms with Crippen molar-refractivity contribution >= 4 is 0 Å². The van der Waals surface area contributed by atoms with E-state index < -0.39 is 0 Å². The molecule has 0 aromatic heterocycles. The Hall–Kier alpha value is -0.980. The first-order valence-electron chi connectivity index (χ1n) is 9.10. The van der Waals surface area contributed by atoms with Gasteiger partial charge in [0.05, 0.1) is 0 Å². The van der Waals surface area contributed by atoms with Crippen LogP contribution in [0.1, 0.15) is 82.1 Å². The molecular formula is C21H47N. The third-order valence-corrected chi connectivity index (χ3v) is 2.28. The van der Waals surface area contributed by atoms with Crippen molar-refractivity contribution in [3.05, 3.63) is 37.1 Å². The third kappa shape index (κ3) is 21.3. The lowest BCUT2D eigenvalue weighted by Gasteiger charge is -2.31. The maximum atomic E-state index is 3.81. The smallest absolute Gasteiger partial charge is 0.0346 e. The van der Waals surface area contributed by atoms with Crippen molar-refractivity contribution in [2.75, 3.05) is 13.6 Å². The van der Waals surface area contributed by atoms with Gasteiger partial charge >= 0.3 is 0 Å². The Morgan fingerprint density at radius 2 is 1.36 bits per heavy atom. The zero-order valence-corrected chi connectivity index (χ0v) is 17.8. The van der Waals surface area contributed by atoms with Gasteiger partial charge in [-0.1, -0.05) is 75.3 Å². The molecule has 22 heavy (non-hydrogen) atoms. The summed E-state index contributed by atoms with van der Waals surface area (Å²) in [6.45, 7) is 31.7. The summed E-state index contributed by atoms with van der Waals surface area (Å²) in [6.07, 6.45) is 4.44. The molecule has 0 aliphatic carbocycles. The van der Waals surface area contributed by atoms with E-state index in [-0.39, 0.29) is 0 Å². The Morgan fingerprint density at radius 3 is 1.59 bits per heavy atom. The van der Waals surface area contributed by atoms with Gasteiger partial charge in [-0.15, -0.1) is 13.2 Å². The van der Waals surface area contributed by atoms with E-state index in [2.05, 4.69) is 59.4 Å². The van der Waals surface area contributed by atoms with Crippen molar-refractivity contribution in [3.8, 4) is 0 Å². The lowest BCUT2D eigenvalue weighted by molar-refractivity contribution is 0.323. The number of hydrogen-bond acceptors (Lipinski definition) is 1. The second-order valence-corrected chi connectivity index (χ2v) is 4.27. The first-order valence-corrected chi connectivity index (χ1v) is 9.10. The van der Waals surface area contributed by atoms with Crippen molar-refractivity contribution in [2.45, 2.75) is 82.1 Å². The summed E-state index contributed by atoms with van der Waals surface area (Å²) in [5, 5.41) is 0. The number of likely N-dealkylation sites (N-methyl/N-ethyl adjacent to an activating group) is 1. The highest BCUT2D eigenvalue weighted by Crippen LogP contribution is 2.24. The maximum absolute atomic E-state index is 3.81. The van der Waals surface area contributed by atoms with Crippen LogP contribution in [0.5, 0.6) is 0 Å². The number of allylic oxidation sites excluding steroid dienone is 2. The van der Waals surface area contributed by atoms with E-state index in [9.17, 15) is 0 Å². The Bertz CT molecular complexity index is 216. The minimum atomic E-state index is 0.795. The summed E-state index contributed by atoms with van der Waals surface area (Å²) >= 11 is 0. The average Bonchev–Trinajstić information content (AvgIpc) is 2.55. The Balaban J connectivity index is -0.0000000740. The molecule has 1 nitrogen and oxygen atoms in total. The summed E-state index contributed by atoms with van der Waals surface area (Å²) in [7, 11) is 2.14. The molecule has 0 bridgehead atoms. The van der Waals surface area contributed by atoms with E-state index in [1.807, 2.05) is 47.6 Å². The van der Waals surface area contributed by atoms with Crippen LogP contribution < -0.4 is 0 Å². The highest BCUT2D eigenvalue weighted by molar-refractivity contribution is 5.24. The summed E-state index contributed by atoms with van der Waals surface area (Å²) in [5.41, 5.74) is 2.80. The van der Waals surface area contributed by atoms with E-state index in [0.717, 1.165) is 5.92 Å². The Kier molecular flexibility index (Phi) is 47.9. The molecule has 0 saturated carbocycles. The second kappa shape index (κ2) is 32.1. The van der Waals surface area contributed by atoms with Crippen LogP contribution in [0.2, 0.25) is 0 Å². The van der Waals surface area contributed by atoms with Crippen LogP contribution in [0.4, 0.5) is 0 Å². The van der Waals surface area contributed by atoms with E-state index in [1.54, 1.807) is 0 Å². The maximum Gasteiger partial charge on any atom is 0.0346 e. The largest absolute Gasteiger partial charge is 0.374 e. The van der Waals surface area contributed by atoms with Gasteiger partial charge in [-0.2, -0.15) is 0 Å². The molecule has 1 aliphatic heterocycles. The van der Waals surface area contributed by atoms with Crippen LogP contribution in [0.3, 0.4) is 0 Å². The molecule has 1 heteroatoms. The summed E-state index contributed by atoms with van der Waals surface area (Å²) < 4.78 is 0. The van der Waals surface area contributed by atoms with Crippen molar-refractivity contribution < 1.29 is 0 Å². The molecule has 0 amide bonds. The minimum Gasteiger partial charge on any atom is -0.374 e. The van der Waals surface area contributed by atoms with E-state index >= 15 is 0 Å². The van der Waals surface area contributed by atoms with Crippen LogP contribution in [-0.2, 0) is 0 Å². The van der Waals surface area contributed by atoms with Gasteiger partial charge in [-0.25, -0.2) is 0 Å². The molecule has 1 aliphatic rings. The molecule has 1 heterocycles. The van der Waals surface area contributed by atoms with E-state index in [4.69, 9.17) is 0 Å². The van der Waals surface area contributed by atoms with Gasteiger partial charge in [0.25, 0.3) is 0 Å². The lowest BCUT2D eigenvalue weighted by Crippen LogP contribution is -2.28. The molecule has 0 saturated heterocycles. The first-order chi connectivity index (χ1) is 10.6. The van der Waals surface area contributed by atoms with Crippen LogP contribution >= 0.6 is 0 Å². The SMILES string of the molecule is C=C.C=CC1=C(C)CC(C)CN1C.CC.CC.CC.CCC. The summed E-state index contributed by atoms with van der Waals surface area (Å²) in [6, 6.07) is 0. The highest BCUT2D eigenvalue weighted by Gasteiger charge is 2.16. The fourth-order valence-electron chi connectivity index (χ4n) is 1.91. The minimum absolute atomic E-state index is 0.795. The van der Waals surface area contributed by atoms with Crippen molar-refractivity contribution in [3.63, 3.8) is 0 Å². The Labute approximate surface area is 144 Å². The van der Waals surface area contributed by atoms with Gasteiger partial charge in [-0.05, 0) is 30.9 Å². The van der Waals surface area contributed by atoms with Gasteiger partial charge in [-0.3, -0.25) is 0 Å². The quantitative estimate of drug-likeness (QED) is 0.448. The predicted molar refractivity (Wildman–Crippen MR) is 111 cm³/mol. The molecule has 0 radical (unpaired) electrons. The van der Waals surface area contributed by atoms with Crippen LogP contribution in [0, 0.1) is 5.92 Å². The molecule has 0 aromatic rings. The van der Waals surface area contributed by atoms with Crippen molar-refractivity contribution in [1.29, 1.82) is 0 Å². The van der Waals surface area contributed by atoms with Crippen LogP contribution in [0.25, 0.3) is 0 Å². The standard InChI is InChI=1S/C10H17N.C3H8.3C2H6.C2H4/c1-5-10-9(3)6-8(2)7-11(10)4;1-3-2;4*1-2/h5,8H,1,6-7H2,2-4H3;3H2,1-2H3;3*1-2H3;1-2H2. The van der Waals surface area contributed by atoms with Crippen LogP contribution in [0.15, 0.2) is 37.1 Å². The van der Waals surface area contributed by atoms with Gasteiger partial charge in [0, 0.05) is 19.3 Å². The van der Waals surface area contributed by atoms with Crippen LogP contribution in [-0.4, -0.2) is 18.5 Å². The highest BCUT2D eigenvalue weighted by atomic mass is 15.1. The third-order valence-electron chi connectivity index (χ3n) is 2.28. The molecule has 1 unspecified atom stereocenters. The van der Waals surface area contributed by atoms with Crippen molar-refractivity contribution in [1.82, 2.24) is 4.90 Å². The molecule has 0 aromatic carbocycles. The predicted octanol–water partition coefficient (Wildman–Crippen LogP) is 7.72. The monoisotopic (exact) mass is 313 g/mol. The molecular weight excluding hydrogens is 266 g/mol. The van der Waals surface area contributed by atoms with Crippen molar-refractivity contribution in [2.24, 2.45) is 5.92 Å². The van der Waals surface area contributed by atoms with E-state index in [0.29, 0.717) is 0 Å². The van der Waals surface area contributed by atoms with Gasteiger partial charge in [0.2, 0.25) is 0 Å². The number of rotatable bonds is 1. The number of hydrogen-bond donors (Lipinski definition) is 0. The average molecular weight is 314 g/mol. The Morgan fingerprint density at radius 1 is 1.05 bits per heavy atom. The normalized spacial score (nSPS) is 14.7. The van der Waals surface area contributed by atoms with E-state index in [1.165, 1.54) is 30.7 Å². The first kappa shape index (κ1) is 32.8. The molecule has 1 rings (SSSR count). The van der Waals surface area contributed by atoms with Gasteiger partial charge < -0.3 is 4.90 Å². The lowest BCUT2D eigenvalue weighted by atomic mass is 9.95. The summed E-state index contributed by atoms with van der Waals surface area (Å²) in [5.74, 6) is 0.795. The second-order valence-electron chi connectivity index (χ2n) is 4.27. The molecule has 0 spiro atoms. The van der Waals surface area contributed by atoms with Gasteiger partial charge in [0.1, 0.15) is 0 Å². The van der Waals surface area contributed by atoms with Gasteiger partial charge in [0.15, 0.2) is 0 Å². The zero-order valence-electron chi connectivity index (χ0n) is 17.8. The molecule has 1 atom stereocenters. The molecule has 0 N–H and O–H groups in total. The fraction of sp³-hybridized carbons (Fsp3) is 0.714. The molecule has 136 valence electrons. The fourth-order valence-corrected chi connectivity index (χ4v) is 1.91. The number of nitrogens with zero attached hydrogens (tertiary/aromatic N) is 1.